The lowest BCUT2D eigenvalue weighted by Crippen LogP contribution is -2.37. The van der Waals surface area contributed by atoms with Crippen LogP contribution in [0.15, 0.2) is 72.9 Å². The van der Waals surface area contributed by atoms with E-state index in [0.717, 1.165) is 70.6 Å². The summed E-state index contributed by atoms with van der Waals surface area (Å²) in [5.41, 5.74) is 0. The fraction of sp³-hybridized carbons (Fsp3) is 0.774. The molecule has 0 heterocycles. The summed E-state index contributed by atoms with van der Waals surface area (Å²) in [5, 5.41) is 0. The number of hydrogen-bond donors (Lipinski definition) is 0. The van der Waals surface area contributed by atoms with Gasteiger partial charge >= 0.3 is 11.9 Å². The van der Waals surface area contributed by atoms with Gasteiger partial charge in [-0.25, -0.2) is 0 Å². The summed E-state index contributed by atoms with van der Waals surface area (Å²) in [6.45, 7) is 4.10. The van der Waals surface area contributed by atoms with Gasteiger partial charge in [0.2, 0.25) is 0 Å². The monoisotopic (exact) mass is 1030 g/mol. The zero-order valence-electron chi connectivity index (χ0n) is 47.4. The molecule has 0 rings (SSSR count). The maximum atomic E-state index is 12.8. The molecule has 418 valence electrons. The topological polar surface area (TPSA) is 111 Å². The van der Waals surface area contributed by atoms with Crippen LogP contribution >= 0.6 is 7.82 Å². The molecule has 0 aliphatic rings. The molecule has 0 N–H and O–H groups in total. The zero-order chi connectivity index (χ0) is 52.7. The van der Waals surface area contributed by atoms with Crippen molar-refractivity contribution in [3.05, 3.63) is 72.9 Å². The third-order valence-corrected chi connectivity index (χ3v) is 13.7. The van der Waals surface area contributed by atoms with Gasteiger partial charge < -0.3 is 27.9 Å². The molecule has 0 spiro atoms. The fourth-order valence-electron chi connectivity index (χ4n) is 8.19. The number of carbonyl (C=O) groups excluding carboxylic acids is 2. The van der Waals surface area contributed by atoms with Gasteiger partial charge in [0.15, 0.2) is 6.10 Å². The van der Waals surface area contributed by atoms with Crippen molar-refractivity contribution in [3.8, 4) is 0 Å². The molecule has 0 aliphatic heterocycles. The van der Waals surface area contributed by atoms with E-state index in [-0.39, 0.29) is 26.1 Å². The molecule has 10 heteroatoms. The second kappa shape index (κ2) is 53.3. The first-order chi connectivity index (χ1) is 35.0. The number of allylic oxidation sites excluding steroid dienone is 12. The summed E-state index contributed by atoms with van der Waals surface area (Å²) >= 11 is 0. The van der Waals surface area contributed by atoms with E-state index in [9.17, 15) is 19.0 Å². The van der Waals surface area contributed by atoms with Crippen LogP contribution in [0.2, 0.25) is 0 Å². The van der Waals surface area contributed by atoms with Crippen molar-refractivity contribution in [2.75, 3.05) is 47.5 Å². The number of ether oxygens (including phenoxy) is 2. The highest BCUT2D eigenvalue weighted by atomic mass is 31.2. The van der Waals surface area contributed by atoms with E-state index in [4.69, 9.17) is 18.5 Å². The maximum Gasteiger partial charge on any atom is 0.306 e. The lowest BCUT2D eigenvalue weighted by molar-refractivity contribution is -0.870. The largest absolute Gasteiger partial charge is 0.756 e. The molecule has 0 fully saturated rings. The number of likely N-dealkylation sites (N-methyl/N-ethyl adjacent to an activating group) is 1. The molecule has 0 saturated carbocycles. The molecular weight excluding hydrogens is 918 g/mol. The van der Waals surface area contributed by atoms with Gasteiger partial charge in [-0.2, -0.15) is 0 Å². The predicted octanol–water partition coefficient (Wildman–Crippen LogP) is 17.8. The summed E-state index contributed by atoms with van der Waals surface area (Å²) in [7, 11) is 1.14. The standard InChI is InChI=1S/C62H112NO8P/c1-6-8-10-12-14-16-18-20-22-24-26-28-29-30-31-32-33-35-36-38-40-42-44-46-48-50-52-54-61(64)68-58-60(59-70-72(66,67)69-57-56-63(3,4)5)71-62(65)55-53-51-49-47-45-43-41-39-37-34-27-25-23-21-19-17-15-13-11-9-7-2/h9,11,15,17,21,23,27,34,39,41,45,47,60H,6-8,10,12-14,16,18-20,22,24-26,28-33,35-38,40,42-44,46,48-59H2,1-5H3/b11-9-,17-15-,23-21-,34-27-,41-39-,47-45-. The van der Waals surface area contributed by atoms with Crippen LogP contribution < -0.4 is 4.89 Å². The number of phosphoric acid groups is 1. The van der Waals surface area contributed by atoms with Gasteiger partial charge in [-0.15, -0.1) is 0 Å². The molecule has 0 radical (unpaired) electrons. The molecule has 0 aromatic heterocycles. The Morgan fingerprint density at radius 2 is 0.792 bits per heavy atom. The van der Waals surface area contributed by atoms with Crippen molar-refractivity contribution in [1.82, 2.24) is 0 Å². The molecule has 0 bridgehead atoms. The normalized spacial score (nSPS) is 13.8. The molecule has 2 atom stereocenters. The van der Waals surface area contributed by atoms with Gasteiger partial charge in [0.1, 0.15) is 19.8 Å². The van der Waals surface area contributed by atoms with Crippen LogP contribution in [-0.4, -0.2) is 70.0 Å². The van der Waals surface area contributed by atoms with Crippen molar-refractivity contribution in [2.45, 2.75) is 264 Å². The number of nitrogens with zero attached hydrogens (tertiary/aromatic N) is 1. The van der Waals surface area contributed by atoms with Crippen LogP contribution in [0.25, 0.3) is 0 Å². The first kappa shape index (κ1) is 69.5. The molecule has 72 heavy (non-hydrogen) atoms. The summed E-state index contributed by atoms with van der Waals surface area (Å²) in [4.78, 5) is 37.9. The van der Waals surface area contributed by atoms with Gasteiger partial charge in [0.05, 0.1) is 27.7 Å². The summed E-state index contributed by atoms with van der Waals surface area (Å²) in [6.07, 6.45) is 69.7. The number of phosphoric ester groups is 1. The Morgan fingerprint density at radius 3 is 1.18 bits per heavy atom. The Kier molecular flexibility index (Phi) is 51.4. The Labute approximate surface area is 444 Å². The van der Waals surface area contributed by atoms with E-state index in [1.165, 1.54) is 154 Å². The first-order valence-corrected chi connectivity index (χ1v) is 31.1. The minimum absolute atomic E-state index is 0.0415. The number of carbonyl (C=O) groups is 2. The minimum atomic E-state index is -4.65. The second-order valence-corrected chi connectivity index (χ2v) is 22.4. The minimum Gasteiger partial charge on any atom is -0.756 e. The third-order valence-electron chi connectivity index (χ3n) is 12.7. The molecule has 0 aliphatic carbocycles. The van der Waals surface area contributed by atoms with Crippen molar-refractivity contribution in [1.29, 1.82) is 0 Å². The van der Waals surface area contributed by atoms with Crippen molar-refractivity contribution in [2.24, 2.45) is 0 Å². The van der Waals surface area contributed by atoms with Crippen LogP contribution in [0.4, 0.5) is 0 Å². The Hall–Kier alpha value is -2.55. The number of quaternary nitrogens is 1. The maximum absolute atomic E-state index is 12.8. The van der Waals surface area contributed by atoms with Gasteiger partial charge in [-0.3, -0.25) is 14.2 Å². The first-order valence-electron chi connectivity index (χ1n) is 29.6. The van der Waals surface area contributed by atoms with Gasteiger partial charge in [-0.05, 0) is 64.2 Å². The van der Waals surface area contributed by atoms with Gasteiger partial charge in [0.25, 0.3) is 7.82 Å². The van der Waals surface area contributed by atoms with Crippen LogP contribution in [0.1, 0.15) is 258 Å². The average molecular weight is 1030 g/mol. The van der Waals surface area contributed by atoms with E-state index in [0.29, 0.717) is 17.4 Å². The summed E-state index contributed by atoms with van der Waals surface area (Å²) in [5.74, 6) is -0.879. The molecule has 0 amide bonds. The van der Waals surface area contributed by atoms with Crippen LogP contribution in [-0.2, 0) is 32.7 Å². The lowest BCUT2D eigenvalue weighted by Gasteiger charge is -2.28. The molecule has 9 nitrogen and oxygen atoms in total. The quantitative estimate of drug-likeness (QED) is 0.0195. The molecule has 0 saturated heterocycles. The molecule has 0 aromatic rings. The van der Waals surface area contributed by atoms with E-state index in [2.05, 4.69) is 86.8 Å². The van der Waals surface area contributed by atoms with Crippen molar-refractivity contribution in [3.63, 3.8) is 0 Å². The van der Waals surface area contributed by atoms with E-state index < -0.39 is 32.5 Å². The number of unbranched alkanes of at least 4 members (excludes halogenated alkanes) is 28. The van der Waals surface area contributed by atoms with Crippen LogP contribution in [0.5, 0.6) is 0 Å². The van der Waals surface area contributed by atoms with E-state index >= 15 is 0 Å². The summed E-state index contributed by atoms with van der Waals surface area (Å²) in [6, 6.07) is 0. The SMILES string of the molecule is CC/C=C\C/C=C\C/C=C\C/C=C\C/C=C\C/C=C\CCCCC(=O)OC(COC(=O)CCCCCCCCCCCCCCCCCCCCCCCCCCCCC)COP(=O)([O-])OCC[N+](C)(C)C. The Bertz CT molecular complexity index is 1450. The Morgan fingerprint density at radius 1 is 0.444 bits per heavy atom. The second-order valence-electron chi connectivity index (χ2n) is 21.0. The number of esters is 2. The van der Waals surface area contributed by atoms with Crippen molar-refractivity contribution < 1.29 is 42.1 Å². The van der Waals surface area contributed by atoms with Gasteiger partial charge in [-0.1, -0.05) is 254 Å². The van der Waals surface area contributed by atoms with E-state index in [1.807, 2.05) is 21.1 Å². The highest BCUT2D eigenvalue weighted by Gasteiger charge is 2.21. The van der Waals surface area contributed by atoms with E-state index in [1.54, 1.807) is 0 Å². The van der Waals surface area contributed by atoms with Gasteiger partial charge in [0, 0.05) is 12.8 Å². The highest BCUT2D eigenvalue weighted by molar-refractivity contribution is 7.45. The Balaban J connectivity index is 4.18. The van der Waals surface area contributed by atoms with Crippen LogP contribution in [0.3, 0.4) is 0 Å². The third kappa shape index (κ3) is 56.7. The smallest absolute Gasteiger partial charge is 0.306 e. The highest BCUT2D eigenvalue weighted by Crippen LogP contribution is 2.38. The fourth-order valence-corrected chi connectivity index (χ4v) is 8.92. The lowest BCUT2D eigenvalue weighted by atomic mass is 10.0. The van der Waals surface area contributed by atoms with Crippen LogP contribution in [0, 0.1) is 0 Å². The number of hydrogen-bond acceptors (Lipinski definition) is 8. The summed E-state index contributed by atoms with van der Waals surface area (Å²) < 4.78 is 34.1. The zero-order valence-corrected chi connectivity index (χ0v) is 48.3. The molecule has 0 aromatic carbocycles. The van der Waals surface area contributed by atoms with Crippen molar-refractivity contribution >= 4 is 19.8 Å². The molecule has 2 unspecified atom stereocenters. The number of rotatable bonds is 54. The predicted molar refractivity (Wildman–Crippen MR) is 305 cm³/mol. The average Bonchev–Trinajstić information content (AvgIpc) is 3.34. The molecular formula is C62H112NO8P.